The molecule has 0 N–H and O–H groups in total. The molecular formula is C11H15ClN4O. The van der Waals surface area contributed by atoms with Gasteiger partial charge in [-0.1, -0.05) is 11.6 Å². The van der Waals surface area contributed by atoms with Gasteiger partial charge >= 0.3 is 0 Å². The number of fused-ring (bicyclic) bond motifs is 1. The number of aromatic nitrogens is 4. The molecule has 2 rings (SSSR count). The van der Waals surface area contributed by atoms with Crippen LogP contribution in [0.3, 0.4) is 0 Å². The van der Waals surface area contributed by atoms with Crippen molar-refractivity contribution >= 4 is 22.8 Å². The van der Waals surface area contributed by atoms with Gasteiger partial charge in [0.05, 0.1) is 6.33 Å². The standard InChI is InChI=1S/C11H15ClN4O/c1-8-14-10(12)9-11(15-8)16(7-13-9)5-3-4-6-17-2/h7H,3-6H2,1-2H3. The Hall–Kier alpha value is -1.20. The van der Waals surface area contributed by atoms with Crippen LogP contribution in [0.1, 0.15) is 18.7 Å². The molecule has 0 fully saturated rings. The molecule has 0 aliphatic rings. The minimum Gasteiger partial charge on any atom is -0.385 e. The molecule has 0 saturated heterocycles. The Labute approximate surface area is 105 Å². The number of ether oxygens (including phenoxy) is 1. The van der Waals surface area contributed by atoms with Crippen LogP contribution in [-0.2, 0) is 11.3 Å². The molecule has 17 heavy (non-hydrogen) atoms. The lowest BCUT2D eigenvalue weighted by molar-refractivity contribution is 0.191. The van der Waals surface area contributed by atoms with Crippen LogP contribution in [-0.4, -0.2) is 33.2 Å². The Kier molecular flexibility index (Phi) is 3.91. The second-order valence-corrected chi connectivity index (χ2v) is 4.23. The molecule has 0 spiro atoms. The van der Waals surface area contributed by atoms with Crippen LogP contribution in [0.15, 0.2) is 6.33 Å². The predicted octanol–water partition coefficient (Wildman–Crippen LogP) is 2.21. The normalized spacial score (nSPS) is 11.2. The molecule has 2 heterocycles. The molecule has 0 saturated carbocycles. The predicted molar refractivity (Wildman–Crippen MR) is 66.2 cm³/mol. The van der Waals surface area contributed by atoms with Crippen LogP contribution in [0.25, 0.3) is 11.2 Å². The van der Waals surface area contributed by atoms with E-state index in [1.807, 2.05) is 11.5 Å². The molecule has 2 aromatic rings. The van der Waals surface area contributed by atoms with Crippen molar-refractivity contribution in [3.63, 3.8) is 0 Å². The van der Waals surface area contributed by atoms with E-state index in [-0.39, 0.29) is 0 Å². The third-order valence-corrected chi connectivity index (χ3v) is 2.79. The Morgan fingerprint density at radius 1 is 1.35 bits per heavy atom. The van der Waals surface area contributed by atoms with E-state index in [1.165, 1.54) is 0 Å². The van der Waals surface area contributed by atoms with Gasteiger partial charge in [-0.15, -0.1) is 0 Å². The van der Waals surface area contributed by atoms with E-state index in [2.05, 4.69) is 15.0 Å². The average Bonchev–Trinajstić information content (AvgIpc) is 2.68. The molecule has 92 valence electrons. The lowest BCUT2D eigenvalue weighted by atomic mass is 10.3. The molecule has 5 nitrogen and oxygen atoms in total. The summed E-state index contributed by atoms with van der Waals surface area (Å²) in [7, 11) is 1.71. The molecule has 0 aliphatic carbocycles. The van der Waals surface area contributed by atoms with Crippen LogP contribution >= 0.6 is 11.6 Å². The van der Waals surface area contributed by atoms with Gasteiger partial charge in [-0.2, -0.15) is 0 Å². The monoisotopic (exact) mass is 254 g/mol. The van der Waals surface area contributed by atoms with Crippen molar-refractivity contribution in [2.75, 3.05) is 13.7 Å². The van der Waals surface area contributed by atoms with Gasteiger partial charge in [0.1, 0.15) is 11.3 Å². The Bertz CT molecular complexity index is 511. The van der Waals surface area contributed by atoms with Gasteiger partial charge in [-0.3, -0.25) is 0 Å². The van der Waals surface area contributed by atoms with Crippen molar-refractivity contribution in [1.29, 1.82) is 0 Å². The topological polar surface area (TPSA) is 52.8 Å². The van der Waals surface area contributed by atoms with E-state index >= 15 is 0 Å². The molecule has 0 amide bonds. The summed E-state index contributed by atoms with van der Waals surface area (Å²) in [5.41, 5.74) is 1.48. The first-order chi connectivity index (χ1) is 8.22. The minimum absolute atomic E-state index is 0.420. The summed E-state index contributed by atoms with van der Waals surface area (Å²) in [5, 5.41) is 0.420. The maximum absolute atomic E-state index is 6.01. The summed E-state index contributed by atoms with van der Waals surface area (Å²) in [4.78, 5) is 12.7. The third kappa shape index (κ3) is 2.73. The quantitative estimate of drug-likeness (QED) is 0.606. The molecular weight excluding hydrogens is 240 g/mol. The van der Waals surface area contributed by atoms with Gasteiger partial charge in [-0.05, 0) is 19.8 Å². The van der Waals surface area contributed by atoms with Gasteiger partial charge in [0.2, 0.25) is 0 Å². The maximum Gasteiger partial charge on any atom is 0.165 e. The van der Waals surface area contributed by atoms with Crippen molar-refractivity contribution < 1.29 is 4.74 Å². The fourth-order valence-corrected chi connectivity index (χ4v) is 1.96. The number of imidazole rings is 1. The summed E-state index contributed by atoms with van der Waals surface area (Å²) in [5.74, 6) is 0.668. The van der Waals surface area contributed by atoms with E-state index in [0.717, 1.165) is 31.6 Å². The minimum atomic E-state index is 0.420. The zero-order valence-corrected chi connectivity index (χ0v) is 10.7. The van der Waals surface area contributed by atoms with Crippen molar-refractivity contribution in [3.05, 3.63) is 17.3 Å². The van der Waals surface area contributed by atoms with E-state index in [1.54, 1.807) is 13.4 Å². The molecule has 0 aliphatic heterocycles. The Balaban J connectivity index is 2.18. The smallest absolute Gasteiger partial charge is 0.165 e. The zero-order chi connectivity index (χ0) is 12.3. The highest BCUT2D eigenvalue weighted by Crippen LogP contribution is 2.18. The van der Waals surface area contributed by atoms with E-state index in [4.69, 9.17) is 16.3 Å². The molecule has 6 heteroatoms. The number of aryl methyl sites for hydroxylation is 2. The fraction of sp³-hybridized carbons (Fsp3) is 0.545. The molecule has 2 aromatic heterocycles. The Morgan fingerprint density at radius 2 is 2.18 bits per heavy atom. The molecule has 0 aromatic carbocycles. The first kappa shape index (κ1) is 12.3. The summed E-state index contributed by atoms with van der Waals surface area (Å²) in [6.07, 6.45) is 3.81. The van der Waals surface area contributed by atoms with Crippen LogP contribution in [0.5, 0.6) is 0 Å². The third-order valence-electron chi connectivity index (χ3n) is 2.53. The van der Waals surface area contributed by atoms with Gasteiger partial charge in [0.25, 0.3) is 0 Å². The molecule has 0 radical (unpaired) electrons. The highest BCUT2D eigenvalue weighted by Gasteiger charge is 2.09. The van der Waals surface area contributed by atoms with Crippen molar-refractivity contribution in [2.24, 2.45) is 0 Å². The second kappa shape index (κ2) is 5.42. The average molecular weight is 255 g/mol. The number of hydrogen-bond acceptors (Lipinski definition) is 4. The van der Waals surface area contributed by atoms with Crippen LogP contribution in [0.2, 0.25) is 5.15 Å². The maximum atomic E-state index is 6.01. The fourth-order valence-electron chi connectivity index (χ4n) is 1.70. The van der Waals surface area contributed by atoms with Gasteiger partial charge in [0, 0.05) is 20.3 Å². The highest BCUT2D eigenvalue weighted by atomic mass is 35.5. The molecule has 0 atom stereocenters. The summed E-state index contributed by atoms with van der Waals surface area (Å²) < 4.78 is 7.02. The number of methoxy groups -OCH3 is 1. The summed E-state index contributed by atoms with van der Waals surface area (Å²) in [6.45, 7) is 3.47. The van der Waals surface area contributed by atoms with Gasteiger partial charge in [-0.25, -0.2) is 15.0 Å². The molecule has 0 unspecified atom stereocenters. The van der Waals surface area contributed by atoms with Gasteiger partial charge in [0.15, 0.2) is 10.8 Å². The van der Waals surface area contributed by atoms with E-state index in [0.29, 0.717) is 16.5 Å². The van der Waals surface area contributed by atoms with Crippen molar-refractivity contribution in [1.82, 2.24) is 19.5 Å². The number of halogens is 1. The van der Waals surface area contributed by atoms with E-state index < -0.39 is 0 Å². The lowest BCUT2D eigenvalue weighted by Crippen LogP contribution is -2.01. The number of nitrogens with zero attached hydrogens (tertiary/aromatic N) is 4. The van der Waals surface area contributed by atoms with E-state index in [9.17, 15) is 0 Å². The zero-order valence-electron chi connectivity index (χ0n) is 9.98. The second-order valence-electron chi connectivity index (χ2n) is 3.87. The van der Waals surface area contributed by atoms with Crippen molar-refractivity contribution in [2.45, 2.75) is 26.3 Å². The van der Waals surface area contributed by atoms with Crippen molar-refractivity contribution in [3.8, 4) is 0 Å². The Morgan fingerprint density at radius 3 is 2.94 bits per heavy atom. The highest BCUT2D eigenvalue weighted by molar-refractivity contribution is 6.33. The van der Waals surface area contributed by atoms with Crippen LogP contribution in [0.4, 0.5) is 0 Å². The first-order valence-electron chi connectivity index (χ1n) is 5.56. The number of rotatable bonds is 5. The van der Waals surface area contributed by atoms with Gasteiger partial charge < -0.3 is 9.30 Å². The summed E-state index contributed by atoms with van der Waals surface area (Å²) >= 11 is 6.01. The molecule has 0 bridgehead atoms. The summed E-state index contributed by atoms with van der Waals surface area (Å²) in [6, 6.07) is 0. The lowest BCUT2D eigenvalue weighted by Gasteiger charge is -2.03. The largest absolute Gasteiger partial charge is 0.385 e. The SMILES string of the molecule is COCCCCn1cnc2c(Cl)nc(C)nc21. The van der Waals surface area contributed by atoms with Crippen LogP contribution < -0.4 is 0 Å². The number of unbranched alkanes of at least 4 members (excludes halogenated alkanes) is 1. The van der Waals surface area contributed by atoms with Crippen LogP contribution in [0, 0.1) is 6.92 Å². The number of hydrogen-bond donors (Lipinski definition) is 0. The first-order valence-corrected chi connectivity index (χ1v) is 5.94.